The highest BCUT2D eigenvalue weighted by molar-refractivity contribution is 6.31. The van der Waals surface area contributed by atoms with Gasteiger partial charge in [0.1, 0.15) is 0 Å². The maximum absolute atomic E-state index is 11.9. The van der Waals surface area contributed by atoms with Crippen molar-refractivity contribution in [1.29, 1.82) is 0 Å². The van der Waals surface area contributed by atoms with Gasteiger partial charge in [-0.1, -0.05) is 48.9 Å². The number of nitrogens with two attached hydrogens (primary N) is 1. The first-order chi connectivity index (χ1) is 10.4. The molecular formula is C14H16ClN5O2. The van der Waals surface area contributed by atoms with Crippen molar-refractivity contribution in [3.63, 3.8) is 0 Å². The van der Waals surface area contributed by atoms with Crippen molar-refractivity contribution in [2.45, 2.75) is 20.4 Å². The minimum Gasteiger partial charge on any atom is -0.364 e. The van der Waals surface area contributed by atoms with E-state index >= 15 is 0 Å². The second-order valence-electron chi connectivity index (χ2n) is 5.04. The normalized spacial score (nSPS) is 10.7. The third-order valence-corrected chi connectivity index (χ3v) is 3.38. The zero-order chi connectivity index (χ0) is 16.3. The van der Waals surface area contributed by atoms with E-state index in [1.165, 1.54) is 4.68 Å². The number of benzene rings is 1. The van der Waals surface area contributed by atoms with Gasteiger partial charge in [0.25, 0.3) is 5.91 Å². The Bertz CT molecular complexity index is 711. The van der Waals surface area contributed by atoms with Gasteiger partial charge >= 0.3 is 0 Å². The number of hydrogen-bond acceptors (Lipinski definition) is 4. The first kappa shape index (κ1) is 16.0. The lowest BCUT2D eigenvalue weighted by molar-refractivity contribution is -0.118. The molecule has 0 radical (unpaired) electrons. The van der Waals surface area contributed by atoms with Crippen molar-refractivity contribution in [2.24, 2.45) is 11.7 Å². The van der Waals surface area contributed by atoms with Gasteiger partial charge in [-0.2, -0.15) is 0 Å². The second kappa shape index (κ2) is 6.57. The van der Waals surface area contributed by atoms with Crippen molar-refractivity contribution < 1.29 is 9.59 Å². The summed E-state index contributed by atoms with van der Waals surface area (Å²) in [6.07, 6.45) is 0. The molecule has 2 aromatic rings. The fourth-order valence-corrected chi connectivity index (χ4v) is 1.96. The molecule has 1 aromatic carbocycles. The highest BCUT2D eigenvalue weighted by Crippen LogP contribution is 2.20. The van der Waals surface area contributed by atoms with E-state index in [0.29, 0.717) is 5.02 Å². The van der Waals surface area contributed by atoms with E-state index in [-0.39, 0.29) is 29.9 Å². The van der Waals surface area contributed by atoms with Gasteiger partial charge in [-0.05, 0) is 11.6 Å². The Hall–Kier alpha value is -2.41. The summed E-state index contributed by atoms with van der Waals surface area (Å²) in [6, 6.07) is 7.21. The molecule has 2 rings (SSSR count). The van der Waals surface area contributed by atoms with Crippen LogP contribution in [0.15, 0.2) is 24.3 Å². The van der Waals surface area contributed by atoms with Gasteiger partial charge in [0.2, 0.25) is 5.91 Å². The molecule has 0 spiro atoms. The summed E-state index contributed by atoms with van der Waals surface area (Å²) in [7, 11) is 0. The maximum Gasteiger partial charge on any atom is 0.273 e. The lowest BCUT2D eigenvalue weighted by Crippen LogP contribution is -2.23. The Balaban J connectivity index is 2.37. The summed E-state index contributed by atoms with van der Waals surface area (Å²) >= 11 is 6.11. The quantitative estimate of drug-likeness (QED) is 0.874. The predicted octanol–water partition coefficient (Wildman–Crippen LogP) is 1.67. The van der Waals surface area contributed by atoms with Gasteiger partial charge in [0.15, 0.2) is 11.5 Å². The molecule has 0 fully saturated rings. The van der Waals surface area contributed by atoms with Crippen LogP contribution in [-0.4, -0.2) is 26.8 Å². The van der Waals surface area contributed by atoms with E-state index in [9.17, 15) is 9.59 Å². The van der Waals surface area contributed by atoms with Crippen LogP contribution in [0.3, 0.4) is 0 Å². The van der Waals surface area contributed by atoms with E-state index in [1.807, 2.05) is 18.2 Å². The predicted molar refractivity (Wildman–Crippen MR) is 82.6 cm³/mol. The summed E-state index contributed by atoms with van der Waals surface area (Å²) < 4.78 is 1.39. The summed E-state index contributed by atoms with van der Waals surface area (Å²) in [5.41, 5.74) is 5.97. The zero-order valence-corrected chi connectivity index (χ0v) is 13.0. The van der Waals surface area contributed by atoms with E-state index in [1.54, 1.807) is 19.9 Å². The Morgan fingerprint density at radius 3 is 2.64 bits per heavy atom. The average molecular weight is 322 g/mol. The van der Waals surface area contributed by atoms with Crippen molar-refractivity contribution in [3.8, 4) is 0 Å². The summed E-state index contributed by atoms with van der Waals surface area (Å²) in [4.78, 5) is 23.3. The average Bonchev–Trinajstić information content (AvgIpc) is 2.84. The molecule has 0 saturated heterocycles. The van der Waals surface area contributed by atoms with Crippen LogP contribution in [0.4, 0.5) is 5.82 Å². The number of nitrogens with zero attached hydrogens (tertiary/aromatic N) is 3. The first-order valence-corrected chi connectivity index (χ1v) is 7.05. The highest BCUT2D eigenvalue weighted by atomic mass is 35.5. The number of primary amides is 1. The molecule has 8 heteroatoms. The van der Waals surface area contributed by atoms with Crippen LogP contribution in [0, 0.1) is 5.92 Å². The number of anilines is 1. The fraction of sp³-hybridized carbons (Fsp3) is 0.286. The topological polar surface area (TPSA) is 103 Å². The Morgan fingerprint density at radius 2 is 2.05 bits per heavy atom. The lowest BCUT2D eigenvalue weighted by Gasteiger charge is -2.11. The second-order valence-corrected chi connectivity index (χ2v) is 5.45. The SMILES string of the molecule is CC(C)C(=O)Nc1c(C(N)=O)nnn1Cc1ccccc1Cl. The molecule has 3 N–H and O–H groups in total. The minimum absolute atomic E-state index is 0.0824. The van der Waals surface area contributed by atoms with E-state index < -0.39 is 5.91 Å². The van der Waals surface area contributed by atoms with Crippen LogP contribution in [0.1, 0.15) is 29.9 Å². The molecule has 0 aliphatic carbocycles. The third-order valence-electron chi connectivity index (χ3n) is 3.01. The number of carbonyl (C=O) groups is 2. The van der Waals surface area contributed by atoms with Crippen molar-refractivity contribution in [3.05, 3.63) is 40.5 Å². The number of aromatic nitrogens is 3. The molecule has 1 heterocycles. The zero-order valence-electron chi connectivity index (χ0n) is 12.2. The monoisotopic (exact) mass is 321 g/mol. The number of amides is 2. The van der Waals surface area contributed by atoms with Gasteiger partial charge in [-0.3, -0.25) is 9.59 Å². The van der Waals surface area contributed by atoms with Crippen LogP contribution < -0.4 is 11.1 Å². The van der Waals surface area contributed by atoms with Gasteiger partial charge in [-0.15, -0.1) is 5.10 Å². The Morgan fingerprint density at radius 1 is 1.36 bits per heavy atom. The molecule has 1 aromatic heterocycles. The van der Waals surface area contributed by atoms with E-state index in [0.717, 1.165) is 5.56 Å². The molecule has 0 unspecified atom stereocenters. The first-order valence-electron chi connectivity index (χ1n) is 6.67. The fourth-order valence-electron chi connectivity index (χ4n) is 1.76. The molecule has 116 valence electrons. The van der Waals surface area contributed by atoms with Gasteiger partial charge < -0.3 is 11.1 Å². The minimum atomic E-state index is -0.760. The van der Waals surface area contributed by atoms with Crippen LogP contribution in [0.2, 0.25) is 5.02 Å². The number of rotatable bonds is 5. The lowest BCUT2D eigenvalue weighted by atomic mass is 10.2. The number of hydrogen-bond donors (Lipinski definition) is 2. The van der Waals surface area contributed by atoms with Gasteiger partial charge in [0, 0.05) is 10.9 Å². The van der Waals surface area contributed by atoms with Gasteiger partial charge in [0.05, 0.1) is 6.54 Å². The summed E-state index contributed by atoms with van der Waals surface area (Å²) in [6.45, 7) is 3.73. The van der Waals surface area contributed by atoms with E-state index in [4.69, 9.17) is 17.3 Å². The molecule has 0 bridgehead atoms. The Kier molecular flexibility index (Phi) is 4.77. The number of halogens is 1. The van der Waals surface area contributed by atoms with Crippen LogP contribution >= 0.6 is 11.6 Å². The van der Waals surface area contributed by atoms with Crippen molar-refractivity contribution in [2.75, 3.05) is 5.32 Å². The molecule has 0 atom stereocenters. The number of carbonyl (C=O) groups excluding carboxylic acids is 2. The summed E-state index contributed by atoms with van der Waals surface area (Å²) in [5.74, 6) is -1.11. The molecule has 0 aliphatic heterocycles. The maximum atomic E-state index is 11.9. The molecular weight excluding hydrogens is 306 g/mol. The molecule has 0 aliphatic rings. The van der Waals surface area contributed by atoms with E-state index in [2.05, 4.69) is 15.6 Å². The van der Waals surface area contributed by atoms with Gasteiger partial charge in [-0.25, -0.2) is 4.68 Å². The van der Waals surface area contributed by atoms with Crippen molar-refractivity contribution in [1.82, 2.24) is 15.0 Å². The summed E-state index contributed by atoms with van der Waals surface area (Å²) in [5, 5.41) is 10.8. The third kappa shape index (κ3) is 3.43. The standard InChI is InChI=1S/C14H16ClN5O2/c1-8(2)14(22)17-13-11(12(16)21)18-19-20(13)7-9-5-3-4-6-10(9)15/h3-6,8H,7H2,1-2H3,(H2,16,21)(H,17,22). The van der Waals surface area contributed by atoms with Crippen molar-refractivity contribution >= 4 is 29.2 Å². The van der Waals surface area contributed by atoms with Crippen LogP contribution in [-0.2, 0) is 11.3 Å². The number of nitrogens with one attached hydrogen (secondary N) is 1. The van der Waals surface area contributed by atoms with Crippen LogP contribution in [0.25, 0.3) is 0 Å². The largest absolute Gasteiger partial charge is 0.364 e. The Labute approximate surface area is 132 Å². The smallest absolute Gasteiger partial charge is 0.273 e. The molecule has 7 nitrogen and oxygen atoms in total. The highest BCUT2D eigenvalue weighted by Gasteiger charge is 2.21. The van der Waals surface area contributed by atoms with Crippen LogP contribution in [0.5, 0.6) is 0 Å². The molecule has 2 amide bonds. The molecule has 0 saturated carbocycles. The molecule has 22 heavy (non-hydrogen) atoms.